The summed E-state index contributed by atoms with van der Waals surface area (Å²) in [5.41, 5.74) is 1.12. The molecule has 0 radical (unpaired) electrons. The summed E-state index contributed by atoms with van der Waals surface area (Å²) in [6.45, 7) is 2.60. The summed E-state index contributed by atoms with van der Waals surface area (Å²) in [5, 5.41) is 3.33. The highest BCUT2D eigenvalue weighted by molar-refractivity contribution is 7.85. The van der Waals surface area contributed by atoms with Gasteiger partial charge in [0.05, 0.1) is 11.3 Å². The summed E-state index contributed by atoms with van der Waals surface area (Å²) in [6, 6.07) is 8.11. The molecule has 17 heavy (non-hydrogen) atoms. The molecule has 1 heterocycles. The zero-order chi connectivity index (χ0) is 12.3. The molecule has 0 saturated heterocycles. The van der Waals surface area contributed by atoms with Gasteiger partial charge < -0.3 is 10.1 Å². The first kappa shape index (κ1) is 12.6. The van der Waals surface area contributed by atoms with Crippen molar-refractivity contribution in [2.45, 2.75) is 24.6 Å². The predicted octanol–water partition coefficient (Wildman–Crippen LogP) is 1.87. The van der Waals surface area contributed by atoms with Crippen LogP contribution in [0.15, 0.2) is 24.3 Å². The Morgan fingerprint density at radius 3 is 2.94 bits per heavy atom. The van der Waals surface area contributed by atoms with Crippen molar-refractivity contribution in [2.75, 3.05) is 19.4 Å². The number of hydrogen-bond donors (Lipinski definition) is 1. The van der Waals surface area contributed by atoms with Crippen LogP contribution in [0.4, 0.5) is 0 Å². The monoisotopic (exact) mass is 253 g/mol. The van der Waals surface area contributed by atoms with Crippen LogP contribution in [-0.4, -0.2) is 28.9 Å². The second kappa shape index (κ2) is 5.65. The lowest BCUT2D eigenvalue weighted by atomic mass is 10.0. The number of hydrogen-bond acceptors (Lipinski definition) is 3. The van der Waals surface area contributed by atoms with E-state index in [1.807, 2.05) is 31.3 Å². The average Bonchev–Trinajstić information content (AvgIpc) is 2.37. The van der Waals surface area contributed by atoms with Crippen LogP contribution in [0.3, 0.4) is 0 Å². The van der Waals surface area contributed by atoms with E-state index in [1.54, 1.807) is 0 Å². The number of rotatable bonds is 4. The van der Waals surface area contributed by atoms with Gasteiger partial charge in [-0.15, -0.1) is 0 Å². The van der Waals surface area contributed by atoms with E-state index >= 15 is 0 Å². The van der Waals surface area contributed by atoms with E-state index in [1.165, 1.54) is 0 Å². The lowest BCUT2D eigenvalue weighted by molar-refractivity contribution is 0.262. The minimum absolute atomic E-state index is 0.0508. The van der Waals surface area contributed by atoms with Gasteiger partial charge >= 0.3 is 0 Å². The first-order chi connectivity index (χ1) is 8.27. The van der Waals surface area contributed by atoms with Crippen LogP contribution >= 0.6 is 0 Å². The highest BCUT2D eigenvalue weighted by Crippen LogP contribution is 2.33. The molecular formula is C13H19NO2S. The van der Waals surface area contributed by atoms with Crippen LogP contribution in [0.5, 0.6) is 5.75 Å². The van der Waals surface area contributed by atoms with E-state index in [9.17, 15) is 4.21 Å². The van der Waals surface area contributed by atoms with E-state index in [2.05, 4.69) is 12.2 Å². The summed E-state index contributed by atoms with van der Waals surface area (Å²) in [6.07, 6.45) is 0.946. The van der Waals surface area contributed by atoms with Gasteiger partial charge in [-0.2, -0.15) is 0 Å². The molecular weight excluding hydrogens is 234 g/mol. The van der Waals surface area contributed by atoms with Gasteiger partial charge in [-0.05, 0) is 19.5 Å². The Morgan fingerprint density at radius 1 is 1.47 bits per heavy atom. The average molecular weight is 253 g/mol. The Bertz CT molecular complexity index is 408. The number of para-hydroxylation sites is 1. The van der Waals surface area contributed by atoms with E-state index in [0.717, 1.165) is 23.5 Å². The molecule has 1 aliphatic heterocycles. The third kappa shape index (κ3) is 2.53. The summed E-state index contributed by atoms with van der Waals surface area (Å²) < 4.78 is 17.9. The fraction of sp³-hybridized carbons (Fsp3) is 0.538. The first-order valence-electron chi connectivity index (χ1n) is 6.04. The molecule has 3 nitrogen and oxygen atoms in total. The number of fused-ring (bicyclic) bond motifs is 1. The van der Waals surface area contributed by atoms with Gasteiger partial charge in [0.15, 0.2) is 0 Å². The van der Waals surface area contributed by atoms with Gasteiger partial charge in [0.25, 0.3) is 0 Å². The molecule has 3 unspecified atom stereocenters. The van der Waals surface area contributed by atoms with E-state index in [0.29, 0.717) is 6.61 Å². The van der Waals surface area contributed by atoms with Crippen molar-refractivity contribution in [1.82, 2.24) is 5.32 Å². The Morgan fingerprint density at radius 2 is 2.24 bits per heavy atom. The van der Waals surface area contributed by atoms with Crippen LogP contribution in [0.1, 0.15) is 24.9 Å². The lowest BCUT2D eigenvalue weighted by Crippen LogP contribution is -2.41. The first-order valence-corrected chi connectivity index (χ1v) is 7.42. The zero-order valence-corrected chi connectivity index (χ0v) is 11.1. The molecule has 0 amide bonds. The Balaban J connectivity index is 2.26. The molecule has 0 saturated carbocycles. The Kier molecular flexibility index (Phi) is 4.18. The minimum atomic E-state index is -0.831. The topological polar surface area (TPSA) is 38.3 Å². The maximum atomic E-state index is 12.2. The van der Waals surface area contributed by atoms with Gasteiger partial charge in [0, 0.05) is 22.1 Å². The third-order valence-electron chi connectivity index (χ3n) is 3.08. The van der Waals surface area contributed by atoms with Crippen LogP contribution in [0, 0.1) is 0 Å². The molecule has 1 aromatic carbocycles. The molecule has 94 valence electrons. The summed E-state index contributed by atoms with van der Waals surface area (Å²) >= 11 is 0. The number of benzene rings is 1. The second-order valence-electron chi connectivity index (χ2n) is 4.24. The van der Waals surface area contributed by atoms with Gasteiger partial charge in [-0.25, -0.2) is 0 Å². The molecule has 2 rings (SSSR count). The van der Waals surface area contributed by atoms with Crippen LogP contribution in [0.2, 0.25) is 0 Å². The normalized spacial score (nSPS) is 24.8. The van der Waals surface area contributed by atoms with Crippen LogP contribution in [0.25, 0.3) is 0 Å². The summed E-state index contributed by atoms with van der Waals surface area (Å²) in [4.78, 5) is 0. The largest absolute Gasteiger partial charge is 0.492 e. The zero-order valence-electron chi connectivity index (χ0n) is 10.3. The summed E-state index contributed by atoms with van der Waals surface area (Å²) in [7, 11) is 1.09. The summed E-state index contributed by atoms with van der Waals surface area (Å²) in [5.74, 6) is 1.66. The highest BCUT2D eigenvalue weighted by Gasteiger charge is 2.33. The van der Waals surface area contributed by atoms with Crippen molar-refractivity contribution in [3.63, 3.8) is 0 Å². The fourth-order valence-electron chi connectivity index (χ4n) is 2.26. The highest BCUT2D eigenvalue weighted by atomic mass is 32.2. The molecule has 1 N–H and O–H groups in total. The van der Waals surface area contributed by atoms with Crippen molar-refractivity contribution < 1.29 is 8.95 Å². The molecule has 0 aromatic heterocycles. The third-order valence-corrected chi connectivity index (χ3v) is 4.98. The van der Waals surface area contributed by atoms with Crippen molar-refractivity contribution >= 4 is 10.8 Å². The van der Waals surface area contributed by atoms with Crippen molar-refractivity contribution in [1.29, 1.82) is 0 Å². The predicted molar refractivity (Wildman–Crippen MR) is 70.8 cm³/mol. The van der Waals surface area contributed by atoms with Gasteiger partial charge in [0.2, 0.25) is 0 Å². The Hall–Kier alpha value is -0.870. The molecule has 4 heteroatoms. The van der Waals surface area contributed by atoms with E-state index in [-0.39, 0.29) is 11.3 Å². The van der Waals surface area contributed by atoms with E-state index in [4.69, 9.17) is 4.74 Å². The van der Waals surface area contributed by atoms with Crippen LogP contribution < -0.4 is 10.1 Å². The second-order valence-corrected chi connectivity index (χ2v) is 6.01. The molecule has 0 spiro atoms. The van der Waals surface area contributed by atoms with Crippen molar-refractivity contribution in [3.05, 3.63) is 29.8 Å². The van der Waals surface area contributed by atoms with Crippen molar-refractivity contribution in [2.24, 2.45) is 0 Å². The van der Waals surface area contributed by atoms with Gasteiger partial charge in [0.1, 0.15) is 12.4 Å². The Labute approximate surface area is 105 Å². The smallest absolute Gasteiger partial charge is 0.124 e. The molecule has 0 aliphatic carbocycles. The van der Waals surface area contributed by atoms with Crippen LogP contribution in [-0.2, 0) is 10.8 Å². The molecule has 0 fully saturated rings. The molecule has 0 bridgehead atoms. The van der Waals surface area contributed by atoms with Gasteiger partial charge in [-0.1, -0.05) is 25.1 Å². The maximum Gasteiger partial charge on any atom is 0.124 e. The molecule has 3 atom stereocenters. The standard InChI is InChI=1S/C13H19NO2S/c1-3-8-17(15)12-9-16-11-7-5-4-6-10(11)13(12)14-2/h4-7,12-14H,3,8-9H2,1-2H3. The quantitative estimate of drug-likeness (QED) is 0.890. The van der Waals surface area contributed by atoms with E-state index < -0.39 is 10.8 Å². The molecule has 1 aliphatic rings. The number of nitrogens with one attached hydrogen (secondary N) is 1. The minimum Gasteiger partial charge on any atom is -0.492 e. The van der Waals surface area contributed by atoms with Gasteiger partial charge in [-0.3, -0.25) is 4.21 Å². The maximum absolute atomic E-state index is 12.2. The SMILES string of the molecule is CCCS(=O)C1COc2ccccc2C1NC. The van der Waals surface area contributed by atoms with Crippen molar-refractivity contribution in [3.8, 4) is 5.75 Å². The lowest BCUT2D eigenvalue weighted by Gasteiger charge is -2.32. The number of ether oxygens (including phenoxy) is 1. The molecule has 1 aromatic rings. The fourth-order valence-corrected chi connectivity index (χ4v) is 3.77.